The zero-order valence-corrected chi connectivity index (χ0v) is 15.9. The van der Waals surface area contributed by atoms with Crippen molar-refractivity contribution in [2.45, 2.75) is 51.0 Å². The van der Waals surface area contributed by atoms with Crippen molar-refractivity contribution in [1.29, 1.82) is 0 Å². The number of nitrogens with one attached hydrogen (secondary N) is 1. The van der Waals surface area contributed by atoms with Crippen molar-refractivity contribution in [2.24, 2.45) is 5.92 Å². The molecule has 1 aliphatic heterocycles. The first-order valence-electron chi connectivity index (χ1n) is 9.04. The second-order valence-electron chi connectivity index (χ2n) is 7.48. The van der Waals surface area contributed by atoms with E-state index in [2.05, 4.69) is 16.5 Å². The average molecular weight is 373 g/mol. The molecule has 1 amide bonds. The topological polar surface area (TPSA) is 81.1 Å². The third-order valence-corrected chi connectivity index (χ3v) is 6.78. The van der Waals surface area contributed by atoms with Gasteiger partial charge in [-0.2, -0.15) is 5.10 Å². The molecule has 0 radical (unpaired) electrons. The molecule has 1 aromatic carbocycles. The van der Waals surface area contributed by atoms with Gasteiger partial charge in [0, 0.05) is 11.5 Å². The van der Waals surface area contributed by atoms with Gasteiger partial charge in [-0.25, -0.2) is 13.1 Å². The number of hydrogen-bond acceptors (Lipinski definition) is 4. The van der Waals surface area contributed by atoms with Crippen molar-refractivity contribution in [3.63, 3.8) is 0 Å². The molecule has 7 heteroatoms. The van der Waals surface area contributed by atoms with Crippen LogP contribution in [0.15, 0.2) is 18.2 Å². The van der Waals surface area contributed by atoms with Gasteiger partial charge in [-0.3, -0.25) is 4.79 Å². The smallest absolute Gasteiger partial charge is 0.228 e. The van der Waals surface area contributed by atoms with E-state index in [0.717, 1.165) is 42.5 Å². The van der Waals surface area contributed by atoms with Crippen LogP contribution in [0.5, 0.6) is 0 Å². The highest BCUT2D eigenvalue weighted by molar-refractivity contribution is 7.90. The Morgan fingerprint density at radius 3 is 2.62 bits per heavy atom. The Hall–Kier alpha value is -2.15. The van der Waals surface area contributed by atoms with Gasteiger partial charge in [0.1, 0.15) is 5.82 Å². The third kappa shape index (κ3) is 3.05. The summed E-state index contributed by atoms with van der Waals surface area (Å²) in [6.45, 7) is 4.02. The lowest BCUT2D eigenvalue weighted by molar-refractivity contribution is -0.119. The molecule has 1 aromatic heterocycles. The SMILES string of the molecule is Cc1ccc(-n2nc3c(c2NC(=O)C2CCCC2)CS(=O)(=O)C3)c(C)c1. The zero-order chi connectivity index (χ0) is 18.5. The van der Waals surface area contributed by atoms with Crippen LogP contribution in [0.1, 0.15) is 48.1 Å². The minimum Gasteiger partial charge on any atom is -0.310 e. The molecule has 1 saturated carbocycles. The predicted molar refractivity (Wildman–Crippen MR) is 100.0 cm³/mol. The summed E-state index contributed by atoms with van der Waals surface area (Å²) in [5, 5.41) is 7.56. The van der Waals surface area contributed by atoms with E-state index in [1.807, 2.05) is 26.0 Å². The van der Waals surface area contributed by atoms with Crippen molar-refractivity contribution in [1.82, 2.24) is 9.78 Å². The number of anilines is 1. The highest BCUT2D eigenvalue weighted by Gasteiger charge is 2.34. The number of hydrogen-bond donors (Lipinski definition) is 1. The van der Waals surface area contributed by atoms with E-state index in [9.17, 15) is 13.2 Å². The number of rotatable bonds is 3. The Kier molecular flexibility index (Phi) is 4.14. The summed E-state index contributed by atoms with van der Waals surface area (Å²) < 4.78 is 25.8. The molecule has 4 rings (SSSR count). The molecule has 2 heterocycles. The van der Waals surface area contributed by atoms with Gasteiger partial charge < -0.3 is 5.32 Å². The first-order chi connectivity index (χ1) is 12.3. The molecule has 0 spiro atoms. The van der Waals surface area contributed by atoms with Crippen molar-refractivity contribution < 1.29 is 13.2 Å². The van der Waals surface area contributed by atoms with Crippen LogP contribution in [-0.4, -0.2) is 24.1 Å². The normalized spacial score (nSPS) is 18.8. The summed E-state index contributed by atoms with van der Waals surface area (Å²) in [5.41, 5.74) is 4.22. The van der Waals surface area contributed by atoms with Gasteiger partial charge in [-0.1, -0.05) is 30.5 Å². The molecular weight excluding hydrogens is 350 g/mol. The van der Waals surface area contributed by atoms with E-state index >= 15 is 0 Å². The van der Waals surface area contributed by atoms with Crippen LogP contribution < -0.4 is 5.32 Å². The maximum Gasteiger partial charge on any atom is 0.228 e. The molecule has 0 unspecified atom stereocenters. The second-order valence-corrected chi connectivity index (χ2v) is 9.54. The Bertz CT molecular complexity index is 986. The number of carbonyl (C=O) groups excluding carboxylic acids is 1. The van der Waals surface area contributed by atoms with Crippen LogP contribution in [0.3, 0.4) is 0 Å². The third-order valence-electron chi connectivity index (χ3n) is 5.34. The first kappa shape index (κ1) is 17.3. The minimum atomic E-state index is -3.18. The Labute approximate surface area is 153 Å². The summed E-state index contributed by atoms with van der Waals surface area (Å²) in [7, 11) is -3.18. The molecule has 2 aromatic rings. The second kappa shape index (κ2) is 6.23. The summed E-state index contributed by atoms with van der Waals surface area (Å²) >= 11 is 0. The van der Waals surface area contributed by atoms with E-state index in [0.29, 0.717) is 17.1 Å². The van der Waals surface area contributed by atoms with Crippen LogP contribution in [0.2, 0.25) is 0 Å². The van der Waals surface area contributed by atoms with Gasteiger partial charge in [-0.05, 0) is 38.3 Å². The fourth-order valence-electron chi connectivity index (χ4n) is 3.99. The number of nitrogens with zero attached hydrogens (tertiary/aromatic N) is 2. The summed E-state index contributed by atoms with van der Waals surface area (Å²) in [6, 6.07) is 6.02. The highest BCUT2D eigenvalue weighted by atomic mass is 32.2. The Balaban J connectivity index is 1.78. The van der Waals surface area contributed by atoms with E-state index in [1.165, 1.54) is 0 Å². The number of fused-ring (bicyclic) bond motifs is 1. The molecule has 1 fully saturated rings. The maximum atomic E-state index is 12.7. The van der Waals surface area contributed by atoms with Gasteiger partial charge >= 0.3 is 0 Å². The summed E-state index contributed by atoms with van der Waals surface area (Å²) in [5.74, 6) is 0.372. The van der Waals surface area contributed by atoms with E-state index in [1.54, 1.807) is 4.68 Å². The standard InChI is InChI=1S/C19H23N3O3S/c1-12-7-8-17(13(2)9-12)22-18(20-19(23)14-5-3-4-6-14)15-10-26(24,25)11-16(15)21-22/h7-9,14H,3-6,10-11H2,1-2H3,(H,20,23). The van der Waals surface area contributed by atoms with Crippen LogP contribution in [0.25, 0.3) is 5.69 Å². The van der Waals surface area contributed by atoms with Gasteiger partial charge in [0.2, 0.25) is 5.91 Å². The lowest BCUT2D eigenvalue weighted by atomic mass is 10.1. The number of aromatic nitrogens is 2. The predicted octanol–water partition coefficient (Wildman–Crippen LogP) is 3.05. The number of carbonyl (C=O) groups is 1. The molecule has 1 aliphatic carbocycles. The van der Waals surface area contributed by atoms with E-state index < -0.39 is 9.84 Å². The van der Waals surface area contributed by atoms with Crippen molar-refractivity contribution >= 4 is 21.6 Å². The largest absolute Gasteiger partial charge is 0.310 e. The van der Waals surface area contributed by atoms with Crippen molar-refractivity contribution in [2.75, 3.05) is 5.32 Å². The number of benzene rings is 1. The average Bonchev–Trinajstić information content (AvgIpc) is 3.24. The molecule has 0 bridgehead atoms. The lowest BCUT2D eigenvalue weighted by Crippen LogP contribution is -2.23. The molecule has 138 valence electrons. The van der Waals surface area contributed by atoms with E-state index in [4.69, 9.17) is 0 Å². The molecule has 0 atom stereocenters. The van der Waals surface area contributed by atoms with Crippen molar-refractivity contribution in [3.05, 3.63) is 40.6 Å². The molecule has 26 heavy (non-hydrogen) atoms. The van der Waals surface area contributed by atoms with E-state index in [-0.39, 0.29) is 23.3 Å². The maximum absolute atomic E-state index is 12.7. The molecule has 0 saturated heterocycles. The van der Waals surface area contributed by atoms with Crippen LogP contribution >= 0.6 is 0 Å². The molecular formula is C19H23N3O3S. The minimum absolute atomic E-state index is 0.00567. The monoisotopic (exact) mass is 373 g/mol. The van der Waals surface area contributed by atoms with Gasteiger partial charge in [-0.15, -0.1) is 0 Å². The van der Waals surface area contributed by atoms with Crippen molar-refractivity contribution in [3.8, 4) is 5.69 Å². The quantitative estimate of drug-likeness (QED) is 0.897. The molecule has 6 nitrogen and oxygen atoms in total. The first-order valence-corrected chi connectivity index (χ1v) is 10.9. The summed E-state index contributed by atoms with van der Waals surface area (Å²) in [4.78, 5) is 12.7. The molecule has 1 N–H and O–H groups in total. The number of amides is 1. The Morgan fingerprint density at radius 2 is 1.92 bits per heavy atom. The Morgan fingerprint density at radius 1 is 1.19 bits per heavy atom. The fourth-order valence-corrected chi connectivity index (χ4v) is 5.49. The molecule has 2 aliphatic rings. The van der Waals surface area contributed by atoms with Crippen LogP contribution in [0, 0.1) is 19.8 Å². The number of aryl methyl sites for hydroxylation is 2. The van der Waals surface area contributed by atoms with Gasteiger partial charge in [0.25, 0.3) is 0 Å². The zero-order valence-electron chi connectivity index (χ0n) is 15.1. The van der Waals surface area contributed by atoms with Gasteiger partial charge in [0.15, 0.2) is 9.84 Å². The van der Waals surface area contributed by atoms with Crippen LogP contribution in [0.4, 0.5) is 5.82 Å². The highest BCUT2D eigenvalue weighted by Crippen LogP contribution is 2.35. The fraction of sp³-hybridized carbons (Fsp3) is 0.474. The number of sulfone groups is 1. The van der Waals surface area contributed by atoms with Gasteiger partial charge in [0.05, 0.1) is 22.9 Å². The lowest BCUT2D eigenvalue weighted by Gasteiger charge is -2.15. The summed E-state index contributed by atoms with van der Waals surface area (Å²) in [6.07, 6.45) is 3.93. The van der Waals surface area contributed by atoms with Crippen LogP contribution in [-0.2, 0) is 26.1 Å².